The van der Waals surface area contributed by atoms with Gasteiger partial charge in [0.2, 0.25) is 0 Å². The third-order valence-corrected chi connectivity index (χ3v) is 3.16. The molecular weight excluding hydrogens is 230 g/mol. The van der Waals surface area contributed by atoms with E-state index in [0.29, 0.717) is 17.6 Å². The maximum absolute atomic E-state index is 11.2. The van der Waals surface area contributed by atoms with Gasteiger partial charge >= 0.3 is 5.97 Å². The molecule has 0 unspecified atom stereocenters. The van der Waals surface area contributed by atoms with Crippen molar-refractivity contribution in [3.8, 4) is 11.3 Å². The van der Waals surface area contributed by atoms with Gasteiger partial charge in [0.05, 0.1) is 0 Å². The predicted octanol–water partition coefficient (Wildman–Crippen LogP) is 3.23. The molecule has 0 spiro atoms. The summed E-state index contributed by atoms with van der Waals surface area (Å²) >= 11 is 0. The van der Waals surface area contributed by atoms with Gasteiger partial charge in [0, 0.05) is 11.5 Å². The van der Waals surface area contributed by atoms with Gasteiger partial charge in [0.25, 0.3) is 0 Å². The number of oxazole rings is 1. The largest absolute Gasteiger partial charge is 0.476 e. The van der Waals surface area contributed by atoms with E-state index in [0.717, 1.165) is 24.0 Å². The van der Waals surface area contributed by atoms with E-state index in [1.165, 1.54) is 0 Å². The minimum absolute atomic E-state index is 0.0196. The van der Waals surface area contributed by atoms with E-state index >= 15 is 0 Å². The fraction of sp³-hybridized carbons (Fsp3) is 0.286. The summed E-state index contributed by atoms with van der Waals surface area (Å²) in [6.07, 6.45) is 2.07. The van der Waals surface area contributed by atoms with Crippen LogP contribution in [0.1, 0.15) is 40.7 Å². The first kappa shape index (κ1) is 11.0. The molecule has 1 N–H and O–H groups in total. The zero-order valence-electron chi connectivity index (χ0n) is 10.0. The van der Waals surface area contributed by atoms with Crippen LogP contribution in [0.25, 0.3) is 11.3 Å². The molecule has 0 amide bonds. The van der Waals surface area contributed by atoms with Crippen molar-refractivity contribution in [2.45, 2.75) is 25.7 Å². The summed E-state index contributed by atoms with van der Waals surface area (Å²) in [5.41, 5.74) is 1.80. The predicted molar refractivity (Wildman–Crippen MR) is 65.6 cm³/mol. The first-order valence-corrected chi connectivity index (χ1v) is 5.97. The Balaban J connectivity index is 2.15. The normalized spacial score (nSPS) is 14.7. The number of rotatable bonds is 3. The highest BCUT2D eigenvalue weighted by molar-refractivity contribution is 5.92. The van der Waals surface area contributed by atoms with Crippen LogP contribution < -0.4 is 0 Å². The summed E-state index contributed by atoms with van der Waals surface area (Å²) in [4.78, 5) is 15.4. The van der Waals surface area contributed by atoms with Gasteiger partial charge in [-0.25, -0.2) is 9.78 Å². The maximum Gasteiger partial charge on any atom is 0.358 e. The molecule has 0 radical (unpaired) electrons. The highest BCUT2D eigenvalue weighted by Gasteiger charge is 2.32. The average Bonchev–Trinajstić information content (AvgIpc) is 3.09. The standard InChI is InChI=1S/C14H13NO3/c1-8-4-2-3-5-10(8)12-11(14(16)17)15-13(18-12)9-6-7-9/h2-5,9H,6-7H2,1H3,(H,16,17). The number of benzene rings is 1. The van der Waals surface area contributed by atoms with Crippen molar-refractivity contribution in [2.75, 3.05) is 0 Å². The molecule has 0 bridgehead atoms. The second-order valence-corrected chi connectivity index (χ2v) is 4.62. The lowest BCUT2D eigenvalue weighted by molar-refractivity contribution is 0.0691. The lowest BCUT2D eigenvalue weighted by atomic mass is 10.1. The van der Waals surface area contributed by atoms with Gasteiger partial charge in [-0.15, -0.1) is 0 Å². The lowest BCUT2D eigenvalue weighted by Gasteiger charge is -2.01. The van der Waals surface area contributed by atoms with Gasteiger partial charge in [-0.1, -0.05) is 24.3 Å². The van der Waals surface area contributed by atoms with Gasteiger partial charge in [-0.2, -0.15) is 0 Å². The van der Waals surface area contributed by atoms with Crippen molar-refractivity contribution in [3.05, 3.63) is 41.4 Å². The summed E-state index contributed by atoms with van der Waals surface area (Å²) in [7, 11) is 0. The molecule has 1 aliphatic rings. The van der Waals surface area contributed by atoms with Crippen LogP contribution in [0.15, 0.2) is 28.7 Å². The van der Waals surface area contributed by atoms with E-state index in [1.807, 2.05) is 31.2 Å². The Morgan fingerprint density at radius 3 is 2.72 bits per heavy atom. The molecule has 1 aromatic heterocycles. The number of aryl methyl sites for hydroxylation is 1. The molecule has 2 aromatic rings. The molecular formula is C14H13NO3. The maximum atomic E-state index is 11.2. The fourth-order valence-electron chi connectivity index (χ4n) is 2.00. The molecule has 1 saturated carbocycles. The minimum atomic E-state index is -1.04. The topological polar surface area (TPSA) is 63.3 Å². The Morgan fingerprint density at radius 2 is 2.11 bits per heavy atom. The van der Waals surface area contributed by atoms with Gasteiger partial charge in [0.15, 0.2) is 17.3 Å². The second-order valence-electron chi connectivity index (χ2n) is 4.62. The summed E-state index contributed by atoms with van der Waals surface area (Å²) in [6.45, 7) is 1.93. The summed E-state index contributed by atoms with van der Waals surface area (Å²) < 4.78 is 5.67. The lowest BCUT2D eigenvalue weighted by Crippen LogP contribution is -1.99. The molecule has 1 fully saturated rings. The van der Waals surface area contributed by atoms with Crippen LogP contribution in [0.2, 0.25) is 0 Å². The first-order valence-electron chi connectivity index (χ1n) is 5.97. The first-order chi connectivity index (χ1) is 8.66. The Bertz CT molecular complexity index is 611. The highest BCUT2D eigenvalue weighted by atomic mass is 16.4. The third kappa shape index (κ3) is 1.79. The summed E-state index contributed by atoms with van der Waals surface area (Å²) in [5, 5.41) is 9.21. The van der Waals surface area contributed by atoms with E-state index in [4.69, 9.17) is 4.42 Å². The zero-order chi connectivity index (χ0) is 12.7. The molecule has 1 heterocycles. The molecule has 0 atom stereocenters. The number of carbonyl (C=O) groups is 1. The van der Waals surface area contributed by atoms with Crippen LogP contribution in [0.3, 0.4) is 0 Å². The molecule has 18 heavy (non-hydrogen) atoms. The van der Waals surface area contributed by atoms with E-state index in [-0.39, 0.29) is 5.69 Å². The van der Waals surface area contributed by atoms with Gasteiger partial charge in [0.1, 0.15) is 0 Å². The number of aromatic nitrogens is 1. The molecule has 1 aliphatic carbocycles. The highest BCUT2D eigenvalue weighted by Crippen LogP contribution is 2.42. The number of nitrogens with zero attached hydrogens (tertiary/aromatic N) is 1. The molecule has 3 rings (SSSR count). The Morgan fingerprint density at radius 1 is 1.39 bits per heavy atom. The van der Waals surface area contributed by atoms with Crippen molar-refractivity contribution in [1.82, 2.24) is 4.98 Å². The van der Waals surface area contributed by atoms with Crippen molar-refractivity contribution in [1.29, 1.82) is 0 Å². The number of aromatic carboxylic acids is 1. The Labute approximate surface area is 104 Å². The van der Waals surface area contributed by atoms with Crippen LogP contribution >= 0.6 is 0 Å². The molecule has 0 aliphatic heterocycles. The third-order valence-electron chi connectivity index (χ3n) is 3.16. The quantitative estimate of drug-likeness (QED) is 0.898. The van der Waals surface area contributed by atoms with Crippen molar-refractivity contribution >= 4 is 5.97 Å². The number of carboxylic acid groups (broad SMARTS) is 1. The van der Waals surface area contributed by atoms with E-state index < -0.39 is 5.97 Å². The second kappa shape index (κ2) is 3.98. The van der Waals surface area contributed by atoms with Crippen LogP contribution in [0.4, 0.5) is 0 Å². The summed E-state index contributed by atoms with van der Waals surface area (Å²) in [6, 6.07) is 7.57. The minimum Gasteiger partial charge on any atom is -0.476 e. The Kier molecular flexibility index (Phi) is 2.44. The van der Waals surface area contributed by atoms with E-state index in [2.05, 4.69) is 4.98 Å². The van der Waals surface area contributed by atoms with Gasteiger partial charge in [-0.3, -0.25) is 0 Å². The SMILES string of the molecule is Cc1ccccc1-c1oc(C2CC2)nc1C(=O)O. The van der Waals surface area contributed by atoms with Crippen LogP contribution in [-0.4, -0.2) is 16.1 Å². The smallest absolute Gasteiger partial charge is 0.358 e. The van der Waals surface area contributed by atoms with E-state index in [9.17, 15) is 9.90 Å². The van der Waals surface area contributed by atoms with Gasteiger partial charge in [-0.05, 0) is 25.3 Å². The van der Waals surface area contributed by atoms with Gasteiger partial charge < -0.3 is 9.52 Å². The Hall–Kier alpha value is -2.10. The molecule has 1 aromatic carbocycles. The fourth-order valence-corrected chi connectivity index (χ4v) is 2.00. The van der Waals surface area contributed by atoms with Crippen molar-refractivity contribution in [3.63, 3.8) is 0 Å². The molecule has 0 saturated heterocycles. The van der Waals surface area contributed by atoms with Crippen molar-refractivity contribution in [2.24, 2.45) is 0 Å². The number of hydrogen-bond acceptors (Lipinski definition) is 3. The average molecular weight is 243 g/mol. The zero-order valence-corrected chi connectivity index (χ0v) is 10.0. The van der Waals surface area contributed by atoms with Crippen LogP contribution in [0.5, 0.6) is 0 Å². The van der Waals surface area contributed by atoms with Crippen LogP contribution in [0, 0.1) is 6.92 Å². The van der Waals surface area contributed by atoms with Crippen LogP contribution in [-0.2, 0) is 0 Å². The molecule has 4 nitrogen and oxygen atoms in total. The molecule has 4 heteroatoms. The monoisotopic (exact) mass is 243 g/mol. The van der Waals surface area contributed by atoms with Crippen molar-refractivity contribution < 1.29 is 14.3 Å². The number of carboxylic acids is 1. The molecule has 92 valence electrons. The van der Waals surface area contributed by atoms with E-state index in [1.54, 1.807) is 0 Å². The number of hydrogen-bond donors (Lipinski definition) is 1. The summed E-state index contributed by atoms with van der Waals surface area (Å²) in [5.74, 6) is 0.206.